The molecular formula is C12H18N4O2. The molecule has 2 N–H and O–H groups in total. The van der Waals surface area contributed by atoms with Crippen molar-refractivity contribution in [2.75, 3.05) is 24.2 Å². The van der Waals surface area contributed by atoms with Gasteiger partial charge < -0.3 is 10.6 Å². The maximum atomic E-state index is 10.8. The standard InChI is InChI=1S/C12H18N4O2/c1-13-11-7-10(16(17)18)8-12(15-11)14-6-2-3-9-4-5-9/h7-9H,2-6H2,1H3,(H2,13,14,15). The first-order valence-electron chi connectivity index (χ1n) is 6.27. The van der Waals surface area contributed by atoms with E-state index in [-0.39, 0.29) is 5.69 Å². The minimum atomic E-state index is -0.405. The van der Waals surface area contributed by atoms with Crippen LogP contribution in [0.25, 0.3) is 0 Å². The van der Waals surface area contributed by atoms with E-state index in [0.29, 0.717) is 11.6 Å². The third kappa shape index (κ3) is 3.58. The van der Waals surface area contributed by atoms with Crippen molar-refractivity contribution in [1.29, 1.82) is 0 Å². The number of aromatic nitrogens is 1. The first-order valence-corrected chi connectivity index (χ1v) is 6.27. The maximum absolute atomic E-state index is 10.8. The van der Waals surface area contributed by atoms with E-state index in [4.69, 9.17) is 0 Å². The number of anilines is 2. The van der Waals surface area contributed by atoms with E-state index in [2.05, 4.69) is 15.6 Å². The van der Waals surface area contributed by atoms with Crippen molar-refractivity contribution in [1.82, 2.24) is 4.98 Å². The van der Waals surface area contributed by atoms with Gasteiger partial charge in [0.25, 0.3) is 5.69 Å². The number of rotatable bonds is 7. The molecule has 6 nitrogen and oxygen atoms in total. The quantitative estimate of drug-likeness (QED) is 0.442. The Kier molecular flexibility index (Phi) is 3.96. The van der Waals surface area contributed by atoms with Gasteiger partial charge in [-0.15, -0.1) is 0 Å². The molecule has 0 aromatic carbocycles. The second kappa shape index (κ2) is 5.66. The highest BCUT2D eigenvalue weighted by Crippen LogP contribution is 2.33. The van der Waals surface area contributed by atoms with Gasteiger partial charge in [0.1, 0.15) is 11.6 Å². The summed E-state index contributed by atoms with van der Waals surface area (Å²) in [4.78, 5) is 14.6. The normalized spacial score (nSPS) is 14.3. The van der Waals surface area contributed by atoms with E-state index in [1.165, 1.54) is 31.4 Å². The van der Waals surface area contributed by atoms with Gasteiger partial charge in [0.2, 0.25) is 0 Å². The molecule has 1 heterocycles. The summed E-state index contributed by atoms with van der Waals surface area (Å²) in [7, 11) is 1.70. The molecule has 98 valence electrons. The number of hydrogen-bond acceptors (Lipinski definition) is 5. The molecular weight excluding hydrogens is 232 g/mol. The van der Waals surface area contributed by atoms with Crippen molar-refractivity contribution in [3.8, 4) is 0 Å². The molecule has 0 saturated heterocycles. The van der Waals surface area contributed by atoms with Gasteiger partial charge in [0.05, 0.1) is 17.1 Å². The van der Waals surface area contributed by atoms with E-state index in [0.717, 1.165) is 18.9 Å². The van der Waals surface area contributed by atoms with Gasteiger partial charge in [-0.1, -0.05) is 12.8 Å². The Bertz CT molecular complexity index is 432. The molecule has 1 fully saturated rings. The summed E-state index contributed by atoms with van der Waals surface area (Å²) < 4.78 is 0. The second-order valence-corrected chi connectivity index (χ2v) is 4.62. The van der Waals surface area contributed by atoms with Crippen LogP contribution in [0.4, 0.5) is 17.3 Å². The molecule has 2 rings (SSSR count). The van der Waals surface area contributed by atoms with E-state index in [1.807, 2.05) is 0 Å². The first-order chi connectivity index (χ1) is 8.69. The van der Waals surface area contributed by atoms with Crippen molar-refractivity contribution >= 4 is 17.3 Å². The summed E-state index contributed by atoms with van der Waals surface area (Å²) in [5.41, 5.74) is 0.0547. The van der Waals surface area contributed by atoms with Crippen molar-refractivity contribution < 1.29 is 4.92 Å². The van der Waals surface area contributed by atoms with Gasteiger partial charge >= 0.3 is 0 Å². The smallest absolute Gasteiger partial charge is 0.276 e. The largest absolute Gasteiger partial charge is 0.373 e. The molecule has 1 aliphatic carbocycles. The summed E-state index contributed by atoms with van der Waals surface area (Å²) in [6, 6.07) is 2.90. The molecule has 1 aromatic rings. The average molecular weight is 250 g/mol. The van der Waals surface area contributed by atoms with Crippen LogP contribution in [0.3, 0.4) is 0 Å². The zero-order valence-corrected chi connectivity index (χ0v) is 10.5. The molecule has 0 spiro atoms. The lowest BCUT2D eigenvalue weighted by Crippen LogP contribution is -2.06. The lowest BCUT2D eigenvalue weighted by atomic mass is 10.2. The van der Waals surface area contributed by atoms with Crippen molar-refractivity contribution in [2.24, 2.45) is 5.92 Å². The molecule has 0 atom stereocenters. The van der Waals surface area contributed by atoms with E-state index < -0.39 is 4.92 Å². The molecule has 0 unspecified atom stereocenters. The predicted octanol–water partition coefficient (Wildman–Crippen LogP) is 2.63. The Balaban J connectivity index is 1.92. The lowest BCUT2D eigenvalue weighted by Gasteiger charge is -2.07. The highest BCUT2D eigenvalue weighted by molar-refractivity contribution is 5.54. The zero-order valence-electron chi connectivity index (χ0n) is 10.5. The summed E-state index contributed by atoms with van der Waals surface area (Å²) in [6.07, 6.45) is 5.04. The zero-order chi connectivity index (χ0) is 13.0. The minimum absolute atomic E-state index is 0.0547. The Labute approximate surface area is 106 Å². The Morgan fingerprint density at radius 2 is 2.17 bits per heavy atom. The predicted molar refractivity (Wildman–Crippen MR) is 70.9 cm³/mol. The first kappa shape index (κ1) is 12.6. The number of nitrogens with one attached hydrogen (secondary N) is 2. The molecule has 1 aliphatic rings. The van der Waals surface area contributed by atoms with Gasteiger partial charge in [-0.3, -0.25) is 10.1 Å². The van der Waals surface area contributed by atoms with Crippen LogP contribution in [0.15, 0.2) is 12.1 Å². The lowest BCUT2D eigenvalue weighted by molar-refractivity contribution is -0.384. The molecule has 0 aliphatic heterocycles. The Hall–Kier alpha value is -1.85. The van der Waals surface area contributed by atoms with Gasteiger partial charge in [-0.2, -0.15) is 0 Å². The summed E-state index contributed by atoms with van der Waals surface area (Å²) in [5.74, 6) is 1.98. The number of hydrogen-bond donors (Lipinski definition) is 2. The average Bonchev–Trinajstić information content (AvgIpc) is 3.18. The summed E-state index contributed by atoms with van der Waals surface area (Å²) >= 11 is 0. The van der Waals surface area contributed by atoms with Crippen LogP contribution in [0.5, 0.6) is 0 Å². The summed E-state index contributed by atoms with van der Waals surface area (Å²) in [5, 5.41) is 16.7. The van der Waals surface area contributed by atoms with Gasteiger partial charge in [-0.05, 0) is 18.8 Å². The van der Waals surface area contributed by atoms with Crippen LogP contribution in [-0.4, -0.2) is 23.5 Å². The van der Waals surface area contributed by atoms with Gasteiger partial charge in [-0.25, -0.2) is 4.98 Å². The fourth-order valence-electron chi connectivity index (χ4n) is 1.85. The highest BCUT2D eigenvalue weighted by Gasteiger charge is 2.20. The third-order valence-corrected chi connectivity index (χ3v) is 3.07. The van der Waals surface area contributed by atoms with E-state index in [9.17, 15) is 10.1 Å². The molecule has 0 radical (unpaired) electrons. The monoisotopic (exact) mass is 250 g/mol. The number of nitrogens with zero attached hydrogens (tertiary/aromatic N) is 2. The highest BCUT2D eigenvalue weighted by atomic mass is 16.6. The van der Waals surface area contributed by atoms with Crippen LogP contribution in [0.1, 0.15) is 25.7 Å². The van der Waals surface area contributed by atoms with Crippen LogP contribution >= 0.6 is 0 Å². The molecule has 0 bridgehead atoms. The molecule has 1 aromatic heterocycles. The van der Waals surface area contributed by atoms with E-state index >= 15 is 0 Å². The van der Waals surface area contributed by atoms with Crippen molar-refractivity contribution in [3.63, 3.8) is 0 Å². The fraction of sp³-hybridized carbons (Fsp3) is 0.583. The fourth-order valence-corrected chi connectivity index (χ4v) is 1.85. The second-order valence-electron chi connectivity index (χ2n) is 4.62. The molecule has 1 saturated carbocycles. The van der Waals surface area contributed by atoms with Crippen molar-refractivity contribution in [2.45, 2.75) is 25.7 Å². The van der Waals surface area contributed by atoms with E-state index in [1.54, 1.807) is 7.05 Å². The SMILES string of the molecule is CNc1cc([N+](=O)[O-])cc(NCCCC2CC2)n1. The number of pyridine rings is 1. The minimum Gasteiger partial charge on any atom is -0.373 e. The Morgan fingerprint density at radius 3 is 2.78 bits per heavy atom. The van der Waals surface area contributed by atoms with Crippen LogP contribution in [0.2, 0.25) is 0 Å². The molecule has 6 heteroatoms. The Morgan fingerprint density at radius 1 is 1.44 bits per heavy atom. The molecule has 0 amide bonds. The van der Waals surface area contributed by atoms with Gasteiger partial charge in [0.15, 0.2) is 0 Å². The summed E-state index contributed by atoms with van der Waals surface area (Å²) in [6.45, 7) is 0.813. The maximum Gasteiger partial charge on any atom is 0.276 e. The molecule has 18 heavy (non-hydrogen) atoms. The van der Waals surface area contributed by atoms with Crippen LogP contribution < -0.4 is 10.6 Å². The third-order valence-electron chi connectivity index (χ3n) is 3.07. The van der Waals surface area contributed by atoms with Crippen molar-refractivity contribution in [3.05, 3.63) is 22.2 Å². The topological polar surface area (TPSA) is 80.1 Å². The number of nitro groups is 1. The van der Waals surface area contributed by atoms with Gasteiger partial charge in [0, 0.05) is 13.6 Å². The van der Waals surface area contributed by atoms with Crippen LogP contribution in [-0.2, 0) is 0 Å². The van der Waals surface area contributed by atoms with Crippen LogP contribution in [0, 0.1) is 16.0 Å².